The molecule has 0 radical (unpaired) electrons. The van der Waals surface area contributed by atoms with Gasteiger partial charge in [0.15, 0.2) is 0 Å². The van der Waals surface area contributed by atoms with E-state index in [-0.39, 0.29) is 0 Å². The molecule has 1 unspecified atom stereocenters. The molecule has 1 aliphatic carbocycles. The van der Waals surface area contributed by atoms with E-state index in [1.54, 1.807) is 0 Å². The predicted octanol–water partition coefficient (Wildman–Crippen LogP) is 4.75. The molecule has 98 valence electrons. The van der Waals surface area contributed by atoms with Crippen LogP contribution < -0.4 is 0 Å². The summed E-state index contributed by atoms with van der Waals surface area (Å²) in [7, 11) is 0. The van der Waals surface area contributed by atoms with Crippen molar-refractivity contribution >= 4 is 22.9 Å². The maximum absolute atomic E-state index is 6.22. The number of rotatable bonds is 1. The highest BCUT2D eigenvalue weighted by molar-refractivity contribution is 6.34. The van der Waals surface area contributed by atoms with Gasteiger partial charge in [0, 0.05) is 17.7 Å². The van der Waals surface area contributed by atoms with E-state index in [0.29, 0.717) is 11.1 Å². The SMILES string of the molecule is C=C1Cc2ccc(C3=C(Cl)N=C(C)C3)cc2CC1C. The number of benzene rings is 1. The summed E-state index contributed by atoms with van der Waals surface area (Å²) in [6.07, 6.45) is 2.98. The van der Waals surface area contributed by atoms with E-state index in [1.165, 1.54) is 27.8 Å². The van der Waals surface area contributed by atoms with E-state index in [0.717, 1.165) is 25.0 Å². The van der Waals surface area contributed by atoms with Gasteiger partial charge in [-0.2, -0.15) is 0 Å². The lowest BCUT2D eigenvalue weighted by Crippen LogP contribution is -2.14. The molecule has 0 saturated heterocycles. The fourth-order valence-electron chi connectivity index (χ4n) is 2.89. The van der Waals surface area contributed by atoms with Crippen molar-refractivity contribution in [2.24, 2.45) is 10.9 Å². The molecule has 0 bridgehead atoms. The standard InChI is InChI=1S/C17H18ClN/c1-10-6-13-4-5-14(9-15(13)7-11(10)2)16-8-12(3)19-17(16)18/h4-5,9,11H,1,6-8H2,2-3H3. The molecule has 1 heterocycles. The molecule has 2 heteroatoms. The number of allylic oxidation sites excluding steroid dienone is 2. The molecule has 0 aromatic heterocycles. The summed E-state index contributed by atoms with van der Waals surface area (Å²) >= 11 is 6.22. The number of halogens is 1. The van der Waals surface area contributed by atoms with Crippen LogP contribution in [0, 0.1) is 5.92 Å². The molecule has 1 aromatic rings. The molecular weight excluding hydrogens is 254 g/mol. The first-order valence-electron chi connectivity index (χ1n) is 6.77. The molecule has 1 aromatic carbocycles. The van der Waals surface area contributed by atoms with Crippen LogP contribution in [-0.2, 0) is 12.8 Å². The molecule has 19 heavy (non-hydrogen) atoms. The molecular formula is C17H18ClN. The van der Waals surface area contributed by atoms with Gasteiger partial charge in [0.05, 0.1) is 0 Å². The van der Waals surface area contributed by atoms with Gasteiger partial charge in [-0.1, -0.05) is 48.9 Å². The van der Waals surface area contributed by atoms with Crippen molar-refractivity contribution in [1.82, 2.24) is 0 Å². The summed E-state index contributed by atoms with van der Waals surface area (Å²) in [6, 6.07) is 6.70. The van der Waals surface area contributed by atoms with Crippen LogP contribution in [0.1, 0.15) is 37.0 Å². The minimum Gasteiger partial charge on any atom is -0.245 e. The Kier molecular flexibility index (Phi) is 3.10. The van der Waals surface area contributed by atoms with Gasteiger partial charge in [0.1, 0.15) is 5.16 Å². The van der Waals surface area contributed by atoms with Crippen LogP contribution >= 0.6 is 11.6 Å². The highest BCUT2D eigenvalue weighted by Crippen LogP contribution is 2.35. The topological polar surface area (TPSA) is 12.4 Å². The van der Waals surface area contributed by atoms with Crippen LogP contribution in [-0.4, -0.2) is 5.71 Å². The van der Waals surface area contributed by atoms with Gasteiger partial charge in [0.25, 0.3) is 0 Å². The van der Waals surface area contributed by atoms with Crippen molar-refractivity contribution in [1.29, 1.82) is 0 Å². The molecule has 3 rings (SSSR count). The van der Waals surface area contributed by atoms with E-state index >= 15 is 0 Å². The third-order valence-corrected chi connectivity index (χ3v) is 4.48. The van der Waals surface area contributed by atoms with Crippen LogP contribution in [0.15, 0.2) is 40.5 Å². The zero-order valence-electron chi connectivity index (χ0n) is 11.5. The molecule has 0 saturated carbocycles. The van der Waals surface area contributed by atoms with Crippen molar-refractivity contribution in [2.75, 3.05) is 0 Å². The van der Waals surface area contributed by atoms with E-state index in [1.807, 2.05) is 6.92 Å². The monoisotopic (exact) mass is 271 g/mol. The fourth-order valence-corrected chi connectivity index (χ4v) is 3.21. The number of hydrogen-bond donors (Lipinski definition) is 0. The quantitative estimate of drug-likeness (QED) is 0.516. The summed E-state index contributed by atoms with van der Waals surface area (Å²) in [5, 5.41) is 0.658. The van der Waals surface area contributed by atoms with Crippen molar-refractivity contribution in [3.05, 3.63) is 52.2 Å². The lowest BCUT2D eigenvalue weighted by molar-refractivity contribution is 0.630. The lowest BCUT2D eigenvalue weighted by Gasteiger charge is -2.24. The number of nitrogens with zero attached hydrogens (tertiary/aromatic N) is 1. The normalized spacial score (nSPS) is 22.6. The van der Waals surface area contributed by atoms with Crippen LogP contribution in [0.25, 0.3) is 5.57 Å². The van der Waals surface area contributed by atoms with Crippen molar-refractivity contribution in [3.63, 3.8) is 0 Å². The molecule has 2 aliphatic rings. The summed E-state index contributed by atoms with van der Waals surface area (Å²) in [5.41, 5.74) is 7.69. The van der Waals surface area contributed by atoms with Gasteiger partial charge in [-0.3, -0.25) is 0 Å². The smallest absolute Gasteiger partial charge is 0.133 e. The van der Waals surface area contributed by atoms with Crippen LogP contribution in [0.2, 0.25) is 0 Å². The first kappa shape index (κ1) is 12.7. The Balaban J connectivity index is 1.97. The predicted molar refractivity (Wildman–Crippen MR) is 82.7 cm³/mol. The number of hydrogen-bond acceptors (Lipinski definition) is 1. The van der Waals surface area contributed by atoms with Crippen molar-refractivity contribution in [3.8, 4) is 0 Å². The zero-order chi connectivity index (χ0) is 13.6. The van der Waals surface area contributed by atoms with E-state index in [2.05, 4.69) is 36.7 Å². The van der Waals surface area contributed by atoms with E-state index < -0.39 is 0 Å². The third kappa shape index (κ3) is 2.28. The van der Waals surface area contributed by atoms with Gasteiger partial charge < -0.3 is 0 Å². The molecule has 1 atom stereocenters. The maximum atomic E-state index is 6.22. The minimum atomic E-state index is 0.578. The molecule has 1 aliphatic heterocycles. The first-order valence-corrected chi connectivity index (χ1v) is 7.15. The Morgan fingerprint density at radius 2 is 2.05 bits per heavy atom. The van der Waals surface area contributed by atoms with Gasteiger partial charge in [-0.05, 0) is 42.4 Å². The summed E-state index contributed by atoms with van der Waals surface area (Å²) in [4.78, 5) is 4.33. The van der Waals surface area contributed by atoms with Crippen molar-refractivity contribution < 1.29 is 0 Å². The highest BCUT2D eigenvalue weighted by atomic mass is 35.5. The Labute approximate surface area is 119 Å². The summed E-state index contributed by atoms with van der Waals surface area (Å²) in [5.74, 6) is 0.578. The maximum Gasteiger partial charge on any atom is 0.133 e. The minimum absolute atomic E-state index is 0.578. The van der Waals surface area contributed by atoms with Crippen LogP contribution in [0.3, 0.4) is 0 Å². The van der Waals surface area contributed by atoms with E-state index in [9.17, 15) is 0 Å². The number of fused-ring (bicyclic) bond motifs is 1. The van der Waals surface area contributed by atoms with Crippen molar-refractivity contribution in [2.45, 2.75) is 33.1 Å². The highest BCUT2D eigenvalue weighted by Gasteiger charge is 2.21. The summed E-state index contributed by atoms with van der Waals surface area (Å²) in [6.45, 7) is 8.45. The first-order chi connectivity index (χ1) is 9.04. The average molecular weight is 272 g/mol. The largest absolute Gasteiger partial charge is 0.245 e. The Hall–Kier alpha value is -1.34. The van der Waals surface area contributed by atoms with Gasteiger partial charge in [-0.15, -0.1) is 0 Å². The van der Waals surface area contributed by atoms with Crippen LogP contribution in [0.4, 0.5) is 0 Å². The third-order valence-electron chi connectivity index (χ3n) is 4.17. The fraction of sp³-hybridized carbons (Fsp3) is 0.353. The van der Waals surface area contributed by atoms with Gasteiger partial charge >= 0.3 is 0 Å². The summed E-state index contributed by atoms with van der Waals surface area (Å²) < 4.78 is 0. The zero-order valence-corrected chi connectivity index (χ0v) is 12.2. The molecule has 0 fully saturated rings. The molecule has 1 nitrogen and oxygen atoms in total. The second-order valence-electron chi connectivity index (χ2n) is 5.72. The van der Waals surface area contributed by atoms with E-state index in [4.69, 9.17) is 11.6 Å². The molecule has 0 amide bonds. The Bertz CT molecular complexity index is 622. The Morgan fingerprint density at radius 3 is 2.74 bits per heavy atom. The van der Waals surface area contributed by atoms with Gasteiger partial charge in [0.2, 0.25) is 0 Å². The Morgan fingerprint density at radius 1 is 1.26 bits per heavy atom. The van der Waals surface area contributed by atoms with Crippen LogP contribution in [0.5, 0.6) is 0 Å². The molecule has 0 N–H and O–H groups in total. The second kappa shape index (κ2) is 4.64. The number of aliphatic imine (C=N–C) groups is 1. The molecule has 0 spiro atoms. The second-order valence-corrected chi connectivity index (χ2v) is 6.07. The van der Waals surface area contributed by atoms with Gasteiger partial charge in [-0.25, -0.2) is 4.99 Å². The lowest BCUT2D eigenvalue weighted by atomic mass is 9.80. The average Bonchev–Trinajstić information content (AvgIpc) is 2.69.